The lowest BCUT2D eigenvalue weighted by Gasteiger charge is -2.10. The highest BCUT2D eigenvalue weighted by Gasteiger charge is 2.15. The highest BCUT2D eigenvalue weighted by Crippen LogP contribution is 2.27. The first kappa shape index (κ1) is 19.0. The van der Waals surface area contributed by atoms with Crippen molar-refractivity contribution in [2.75, 3.05) is 0 Å². The highest BCUT2D eigenvalue weighted by atomic mass is 35.5. The van der Waals surface area contributed by atoms with E-state index in [1.165, 1.54) is 22.4 Å². The topological polar surface area (TPSA) is 52.2 Å². The third-order valence-corrected chi connectivity index (χ3v) is 6.15. The maximum absolute atomic E-state index is 13.6. The van der Waals surface area contributed by atoms with Crippen LogP contribution in [0.5, 0.6) is 0 Å². The van der Waals surface area contributed by atoms with Crippen LogP contribution in [0, 0.1) is 12.7 Å². The van der Waals surface area contributed by atoms with Crippen molar-refractivity contribution in [3.8, 4) is 5.69 Å². The van der Waals surface area contributed by atoms with Crippen LogP contribution < -0.4 is 5.56 Å². The van der Waals surface area contributed by atoms with Crippen molar-refractivity contribution in [2.45, 2.75) is 17.8 Å². The molecule has 0 saturated heterocycles. The summed E-state index contributed by atoms with van der Waals surface area (Å²) in [5.74, 6) is -0.0703. The molecule has 2 aromatic carbocycles. The smallest absolute Gasteiger partial charge is 0.279 e. The molecule has 0 N–H and O–H groups in total. The second kappa shape index (κ2) is 7.58. The second-order valence-electron chi connectivity index (χ2n) is 6.04. The van der Waals surface area contributed by atoms with Gasteiger partial charge in [0.05, 0.1) is 10.7 Å². The fourth-order valence-corrected chi connectivity index (χ4v) is 4.17. The third-order valence-electron chi connectivity index (χ3n) is 4.33. The predicted octanol–water partition coefficient (Wildman–Crippen LogP) is 4.93. The zero-order chi connectivity index (χ0) is 19.8. The van der Waals surface area contributed by atoms with Crippen LogP contribution in [-0.4, -0.2) is 19.2 Å². The van der Waals surface area contributed by atoms with E-state index in [4.69, 9.17) is 23.2 Å². The van der Waals surface area contributed by atoms with E-state index in [2.05, 4.69) is 10.2 Å². The Morgan fingerprint density at radius 2 is 1.89 bits per heavy atom. The average Bonchev–Trinajstić information content (AvgIpc) is 3.10. The van der Waals surface area contributed by atoms with E-state index in [-0.39, 0.29) is 16.2 Å². The molecule has 2 heterocycles. The van der Waals surface area contributed by atoms with E-state index >= 15 is 0 Å². The molecule has 0 saturated carbocycles. The van der Waals surface area contributed by atoms with Gasteiger partial charge in [-0.1, -0.05) is 53.2 Å². The molecule has 4 rings (SSSR count). The molecule has 28 heavy (non-hydrogen) atoms. The Balaban J connectivity index is 1.70. The van der Waals surface area contributed by atoms with Crippen molar-refractivity contribution in [2.24, 2.45) is 0 Å². The molecule has 0 spiro atoms. The molecule has 2 aromatic heterocycles. The molecule has 0 aliphatic heterocycles. The van der Waals surface area contributed by atoms with Crippen LogP contribution >= 0.6 is 35.0 Å². The van der Waals surface area contributed by atoms with Crippen molar-refractivity contribution in [1.29, 1.82) is 0 Å². The summed E-state index contributed by atoms with van der Waals surface area (Å²) in [5.41, 5.74) is 2.01. The lowest BCUT2D eigenvalue weighted by molar-refractivity contribution is 0.627. The van der Waals surface area contributed by atoms with E-state index in [9.17, 15) is 9.18 Å². The molecule has 0 aliphatic rings. The average molecular weight is 435 g/mol. The fraction of sp³-hybridized carbons (Fsp3) is 0.105. The minimum Gasteiger partial charge on any atom is -0.279 e. The van der Waals surface area contributed by atoms with Crippen LogP contribution in [0.4, 0.5) is 4.39 Å². The number of benzene rings is 2. The van der Waals surface area contributed by atoms with E-state index in [1.54, 1.807) is 41.1 Å². The number of nitrogens with zero attached hydrogens (tertiary/aromatic N) is 4. The molecule has 0 aliphatic carbocycles. The van der Waals surface area contributed by atoms with Gasteiger partial charge in [0.15, 0.2) is 5.16 Å². The molecule has 4 aromatic rings. The fourth-order valence-electron chi connectivity index (χ4n) is 2.81. The predicted molar refractivity (Wildman–Crippen MR) is 109 cm³/mol. The Morgan fingerprint density at radius 3 is 2.71 bits per heavy atom. The van der Waals surface area contributed by atoms with Gasteiger partial charge in [-0.2, -0.15) is 0 Å². The van der Waals surface area contributed by atoms with Crippen molar-refractivity contribution >= 4 is 40.6 Å². The number of rotatable bonds is 4. The summed E-state index contributed by atoms with van der Waals surface area (Å²) in [7, 11) is 0. The Hall–Kier alpha value is -2.35. The van der Waals surface area contributed by atoms with Crippen molar-refractivity contribution in [1.82, 2.24) is 19.2 Å². The van der Waals surface area contributed by atoms with Crippen LogP contribution in [0.25, 0.3) is 11.3 Å². The second-order valence-corrected chi connectivity index (χ2v) is 7.76. The molecular formula is C19H13Cl2FN4OS. The minimum absolute atomic E-state index is 0.0857. The Kier molecular flexibility index (Phi) is 5.14. The van der Waals surface area contributed by atoms with Crippen LogP contribution in [-0.2, 0) is 5.75 Å². The van der Waals surface area contributed by atoms with Gasteiger partial charge in [0.25, 0.3) is 0 Å². The summed E-state index contributed by atoms with van der Waals surface area (Å²) in [6, 6.07) is 10.0. The lowest BCUT2D eigenvalue weighted by atomic mass is 10.2. The number of fused-ring (bicyclic) bond motifs is 1. The molecule has 142 valence electrons. The van der Waals surface area contributed by atoms with Crippen molar-refractivity contribution < 1.29 is 4.39 Å². The van der Waals surface area contributed by atoms with E-state index in [0.717, 1.165) is 5.56 Å². The molecule has 0 fully saturated rings. The lowest BCUT2D eigenvalue weighted by Crippen LogP contribution is -2.21. The largest absolute Gasteiger partial charge is 0.300 e. The summed E-state index contributed by atoms with van der Waals surface area (Å²) in [4.78, 5) is 12.9. The van der Waals surface area contributed by atoms with Gasteiger partial charge in [-0.3, -0.25) is 13.8 Å². The van der Waals surface area contributed by atoms with Crippen LogP contribution in [0.3, 0.4) is 0 Å². The number of aromatic nitrogens is 4. The van der Waals surface area contributed by atoms with E-state index in [1.807, 2.05) is 13.0 Å². The summed E-state index contributed by atoms with van der Waals surface area (Å²) in [6.45, 7) is 1.85. The van der Waals surface area contributed by atoms with Crippen LogP contribution in [0.2, 0.25) is 10.0 Å². The molecule has 0 amide bonds. The maximum Gasteiger partial charge on any atom is 0.300 e. The summed E-state index contributed by atoms with van der Waals surface area (Å²) in [5, 5.41) is 9.30. The van der Waals surface area contributed by atoms with E-state index in [0.29, 0.717) is 27.2 Å². The van der Waals surface area contributed by atoms with Gasteiger partial charge >= 0.3 is 5.56 Å². The standard InChI is InChI=1S/C19H13Cl2FN4OS/c1-11-13(20)5-3-7-15(11)25-8-9-26-17(18(25)27)23-24-19(26)28-10-12-4-2-6-14(22)16(12)21/h2-9H,10H2,1H3. The molecule has 5 nitrogen and oxygen atoms in total. The van der Waals surface area contributed by atoms with Gasteiger partial charge in [0.2, 0.25) is 5.65 Å². The normalized spacial score (nSPS) is 11.3. The Labute approximate surface area is 173 Å². The van der Waals surface area contributed by atoms with E-state index < -0.39 is 5.82 Å². The minimum atomic E-state index is -0.467. The van der Waals surface area contributed by atoms with Crippen molar-refractivity contribution in [3.05, 3.63) is 86.1 Å². The van der Waals surface area contributed by atoms with Gasteiger partial charge in [0.1, 0.15) is 5.82 Å². The number of hydrogen-bond donors (Lipinski definition) is 0. The highest BCUT2D eigenvalue weighted by molar-refractivity contribution is 7.98. The van der Waals surface area contributed by atoms with Crippen LogP contribution in [0.15, 0.2) is 58.7 Å². The molecule has 0 unspecified atom stereocenters. The van der Waals surface area contributed by atoms with Gasteiger partial charge in [-0.25, -0.2) is 4.39 Å². The van der Waals surface area contributed by atoms with Crippen LogP contribution in [0.1, 0.15) is 11.1 Å². The van der Waals surface area contributed by atoms with Gasteiger partial charge in [0, 0.05) is 23.2 Å². The quantitative estimate of drug-likeness (QED) is 0.427. The number of hydrogen-bond acceptors (Lipinski definition) is 4. The van der Waals surface area contributed by atoms with Crippen molar-refractivity contribution in [3.63, 3.8) is 0 Å². The summed E-state index contributed by atoms with van der Waals surface area (Å²) in [6.07, 6.45) is 3.36. The summed E-state index contributed by atoms with van der Waals surface area (Å²) >= 11 is 13.5. The first-order valence-electron chi connectivity index (χ1n) is 8.25. The number of halogens is 3. The molecule has 9 heteroatoms. The summed E-state index contributed by atoms with van der Waals surface area (Å²) < 4.78 is 16.7. The third kappa shape index (κ3) is 3.30. The number of thioether (sulfide) groups is 1. The first-order valence-corrected chi connectivity index (χ1v) is 9.99. The molecule has 0 bridgehead atoms. The zero-order valence-corrected chi connectivity index (χ0v) is 16.9. The SMILES string of the molecule is Cc1c(Cl)cccc1-n1ccn2c(SCc3cccc(F)c3Cl)nnc2c1=O. The maximum atomic E-state index is 13.6. The first-order chi connectivity index (χ1) is 13.5. The monoisotopic (exact) mass is 434 g/mol. The van der Waals surface area contributed by atoms with Gasteiger partial charge < -0.3 is 0 Å². The Morgan fingerprint density at radius 1 is 1.11 bits per heavy atom. The Bertz CT molecular complexity index is 1250. The van der Waals surface area contributed by atoms with Gasteiger partial charge in [-0.15, -0.1) is 10.2 Å². The van der Waals surface area contributed by atoms with Gasteiger partial charge in [-0.05, 0) is 36.2 Å². The molecule has 0 atom stereocenters. The molecule has 0 radical (unpaired) electrons. The molecular weight excluding hydrogens is 422 g/mol. The zero-order valence-electron chi connectivity index (χ0n) is 14.6.